The lowest BCUT2D eigenvalue weighted by Gasteiger charge is -2.42. The lowest BCUT2D eigenvalue weighted by molar-refractivity contribution is 0.0472. The van der Waals surface area contributed by atoms with E-state index in [1.54, 1.807) is 13.0 Å². The van der Waals surface area contributed by atoms with E-state index >= 15 is 13.2 Å². The third kappa shape index (κ3) is 4.91. The minimum Gasteiger partial charge on any atom is -0.479 e. The maximum atomic E-state index is 16.4. The highest BCUT2D eigenvalue weighted by Crippen LogP contribution is 2.48. The topological polar surface area (TPSA) is 101 Å². The summed E-state index contributed by atoms with van der Waals surface area (Å²) in [5, 5.41) is 7.40. The van der Waals surface area contributed by atoms with Crippen molar-refractivity contribution in [2.24, 2.45) is 10.9 Å². The fourth-order valence-corrected chi connectivity index (χ4v) is 7.22. The third-order valence-corrected chi connectivity index (χ3v) is 9.87. The van der Waals surface area contributed by atoms with Crippen LogP contribution in [0.5, 0.6) is 5.88 Å². The van der Waals surface area contributed by atoms with E-state index in [1.165, 1.54) is 17.7 Å². The molecule has 0 radical (unpaired) electrons. The van der Waals surface area contributed by atoms with E-state index in [4.69, 9.17) is 4.74 Å². The van der Waals surface area contributed by atoms with Crippen LogP contribution in [0.2, 0.25) is 0 Å². The molecule has 1 aliphatic carbocycles. The van der Waals surface area contributed by atoms with Gasteiger partial charge in [-0.25, -0.2) is 26.1 Å². The standard InChI is InChI=1S/C28H32F4N6O3S/c1-15-18(5-4-9-29)19-11-16(12-20(30)24(19)33-15)23-21(31)13-38-25(23)26(41-2)35-27(36-38)34-22-8-10-37(42(3,39)40)14-28(22,32)17-6-7-17/h11-13,17-18,22H,4-10,14H2,1-3H3,(H,34,36)/t18-,22-,28?/m1/s1. The first kappa shape index (κ1) is 28.8. The van der Waals surface area contributed by atoms with Crippen molar-refractivity contribution in [2.75, 3.05) is 38.4 Å². The summed E-state index contributed by atoms with van der Waals surface area (Å²) in [6, 6.07) is 2.08. The fraction of sp³-hybridized carbons (Fsp3) is 0.536. The Bertz CT molecular complexity index is 1690. The Labute approximate surface area is 241 Å². The first-order valence-corrected chi connectivity index (χ1v) is 15.8. The fourth-order valence-electron chi connectivity index (χ4n) is 6.35. The molecule has 0 spiro atoms. The molecule has 6 rings (SSSR count). The number of alkyl halides is 2. The molecular formula is C28H32F4N6O3S. The number of fused-ring (bicyclic) bond motifs is 2. The molecule has 1 N–H and O–H groups in total. The molecule has 1 saturated carbocycles. The van der Waals surface area contributed by atoms with Gasteiger partial charge in [0, 0.05) is 18.2 Å². The van der Waals surface area contributed by atoms with Gasteiger partial charge in [-0.2, -0.15) is 9.29 Å². The maximum absolute atomic E-state index is 16.4. The Balaban J connectivity index is 1.37. The molecule has 1 unspecified atom stereocenters. The number of rotatable bonds is 9. The van der Waals surface area contributed by atoms with Gasteiger partial charge in [0.2, 0.25) is 21.9 Å². The lowest BCUT2D eigenvalue weighted by Crippen LogP contribution is -2.59. The van der Waals surface area contributed by atoms with Gasteiger partial charge in [-0.1, -0.05) is 0 Å². The quantitative estimate of drug-likeness (QED) is 0.336. The maximum Gasteiger partial charge on any atom is 0.244 e. The number of hydrogen-bond acceptors (Lipinski definition) is 7. The Morgan fingerprint density at radius 1 is 1.19 bits per heavy atom. The van der Waals surface area contributed by atoms with Gasteiger partial charge in [0.1, 0.15) is 22.7 Å². The highest BCUT2D eigenvalue weighted by atomic mass is 32.2. The molecule has 226 valence electrons. The summed E-state index contributed by atoms with van der Waals surface area (Å²) in [5.74, 6) is -1.93. The van der Waals surface area contributed by atoms with Crippen molar-refractivity contribution in [3.63, 3.8) is 0 Å². The normalized spacial score (nSPS) is 24.6. The average Bonchev–Trinajstić information content (AvgIpc) is 3.67. The molecule has 14 heteroatoms. The van der Waals surface area contributed by atoms with Crippen molar-refractivity contribution < 1.29 is 30.7 Å². The van der Waals surface area contributed by atoms with E-state index in [-0.39, 0.29) is 71.9 Å². The van der Waals surface area contributed by atoms with E-state index in [0.29, 0.717) is 30.5 Å². The van der Waals surface area contributed by atoms with Crippen LogP contribution in [0.15, 0.2) is 23.3 Å². The van der Waals surface area contributed by atoms with Crippen LogP contribution < -0.4 is 10.1 Å². The second-order valence-corrected chi connectivity index (χ2v) is 13.4. The Morgan fingerprint density at radius 3 is 2.62 bits per heavy atom. The number of aromatic nitrogens is 3. The van der Waals surface area contributed by atoms with E-state index in [0.717, 1.165) is 16.8 Å². The number of aliphatic imine (C=N–C) groups is 1. The molecule has 0 bridgehead atoms. The van der Waals surface area contributed by atoms with Crippen molar-refractivity contribution in [1.82, 2.24) is 18.9 Å². The summed E-state index contributed by atoms with van der Waals surface area (Å²) in [7, 11) is -2.22. The molecule has 2 fully saturated rings. The molecule has 0 amide bonds. The van der Waals surface area contributed by atoms with Crippen molar-refractivity contribution in [1.29, 1.82) is 0 Å². The molecule has 3 aromatic rings. The van der Waals surface area contributed by atoms with Gasteiger partial charge in [-0.15, -0.1) is 5.10 Å². The average molecular weight is 609 g/mol. The zero-order chi connectivity index (χ0) is 30.0. The largest absolute Gasteiger partial charge is 0.479 e. The highest BCUT2D eigenvalue weighted by Gasteiger charge is 2.55. The van der Waals surface area contributed by atoms with Crippen LogP contribution in [0.3, 0.4) is 0 Å². The Kier molecular flexibility index (Phi) is 7.19. The number of hydrogen-bond donors (Lipinski definition) is 1. The van der Waals surface area contributed by atoms with Gasteiger partial charge in [0.15, 0.2) is 5.82 Å². The Hall–Kier alpha value is -3.26. The van der Waals surface area contributed by atoms with Crippen LogP contribution in [0.4, 0.5) is 29.2 Å². The number of sulfonamides is 1. The second-order valence-electron chi connectivity index (χ2n) is 11.4. The van der Waals surface area contributed by atoms with E-state index in [2.05, 4.69) is 20.4 Å². The summed E-state index contributed by atoms with van der Waals surface area (Å²) in [6.45, 7) is 1.12. The number of methoxy groups -OCH3 is 1. The lowest BCUT2D eigenvalue weighted by atomic mass is 9.85. The van der Waals surface area contributed by atoms with Crippen LogP contribution in [-0.2, 0) is 10.0 Å². The minimum atomic E-state index is -3.57. The molecule has 2 aromatic heterocycles. The van der Waals surface area contributed by atoms with Gasteiger partial charge in [0.25, 0.3) is 0 Å². The molecule has 3 aliphatic rings. The predicted octanol–water partition coefficient (Wildman–Crippen LogP) is 5.19. The summed E-state index contributed by atoms with van der Waals surface area (Å²) in [4.78, 5) is 8.74. The number of piperidine rings is 1. The molecule has 9 nitrogen and oxygen atoms in total. The van der Waals surface area contributed by atoms with Gasteiger partial charge in [-0.05, 0) is 68.2 Å². The van der Waals surface area contributed by atoms with Crippen LogP contribution >= 0.6 is 0 Å². The van der Waals surface area contributed by atoms with Gasteiger partial charge in [0.05, 0.1) is 44.4 Å². The SMILES string of the molecule is COc1nc(N[C@@H]2CCN(S(C)(=O)=O)CC2(F)C2CC2)nn2cc(F)c(-c3cc(F)c4c(c3)[C@H](CCCF)C(C)=N4)c12. The smallest absolute Gasteiger partial charge is 0.244 e. The second kappa shape index (κ2) is 10.5. The summed E-state index contributed by atoms with van der Waals surface area (Å²) >= 11 is 0. The monoisotopic (exact) mass is 608 g/mol. The van der Waals surface area contributed by atoms with Crippen molar-refractivity contribution in [2.45, 2.75) is 56.7 Å². The van der Waals surface area contributed by atoms with Crippen LogP contribution in [0.1, 0.15) is 50.5 Å². The van der Waals surface area contributed by atoms with Gasteiger partial charge >= 0.3 is 0 Å². The molecule has 1 saturated heterocycles. The number of nitrogens with one attached hydrogen (secondary N) is 1. The van der Waals surface area contributed by atoms with E-state index in [9.17, 15) is 12.8 Å². The molecule has 1 aromatic carbocycles. The van der Waals surface area contributed by atoms with Crippen molar-refractivity contribution in [3.05, 3.63) is 35.5 Å². The van der Waals surface area contributed by atoms with Crippen molar-refractivity contribution >= 4 is 32.9 Å². The third-order valence-electron chi connectivity index (χ3n) is 8.62. The van der Waals surface area contributed by atoms with Gasteiger partial charge in [-0.3, -0.25) is 9.38 Å². The zero-order valence-electron chi connectivity index (χ0n) is 23.5. The molecule has 42 heavy (non-hydrogen) atoms. The van der Waals surface area contributed by atoms with E-state index in [1.807, 2.05) is 0 Å². The number of nitrogens with zero attached hydrogens (tertiary/aromatic N) is 5. The minimum absolute atomic E-state index is 0.0156. The number of benzene rings is 1. The summed E-state index contributed by atoms with van der Waals surface area (Å²) < 4.78 is 92.3. The first-order chi connectivity index (χ1) is 19.9. The van der Waals surface area contributed by atoms with Crippen LogP contribution in [0, 0.1) is 17.6 Å². The molecular weight excluding hydrogens is 576 g/mol. The van der Waals surface area contributed by atoms with Gasteiger partial charge < -0.3 is 10.1 Å². The summed E-state index contributed by atoms with van der Waals surface area (Å²) in [5.41, 5.74) is -0.0244. The molecule has 4 heterocycles. The highest BCUT2D eigenvalue weighted by molar-refractivity contribution is 7.88. The Morgan fingerprint density at radius 2 is 1.95 bits per heavy atom. The first-order valence-electron chi connectivity index (χ1n) is 13.9. The van der Waals surface area contributed by atoms with Crippen LogP contribution in [0.25, 0.3) is 16.6 Å². The van der Waals surface area contributed by atoms with E-state index < -0.39 is 40.0 Å². The molecule has 3 atom stereocenters. The van der Waals surface area contributed by atoms with Crippen molar-refractivity contribution in [3.8, 4) is 17.0 Å². The number of anilines is 1. The van der Waals surface area contributed by atoms with Crippen LogP contribution in [-0.4, -0.2) is 77.9 Å². The molecule has 2 aliphatic heterocycles. The number of halogens is 4. The number of ether oxygens (including phenoxy) is 1. The zero-order valence-corrected chi connectivity index (χ0v) is 24.3. The summed E-state index contributed by atoms with van der Waals surface area (Å²) in [6.07, 6.45) is 4.41. The predicted molar refractivity (Wildman–Crippen MR) is 151 cm³/mol.